The zero-order chi connectivity index (χ0) is 12.5. The molecule has 0 aliphatic rings. The van der Waals surface area contributed by atoms with Crippen LogP contribution in [0, 0.1) is 0 Å². The molecule has 2 aromatic rings. The summed E-state index contributed by atoms with van der Waals surface area (Å²) in [5.74, 6) is 0. The van der Waals surface area contributed by atoms with Gasteiger partial charge in [-0.25, -0.2) is 0 Å². The lowest BCUT2D eigenvalue weighted by atomic mass is 10.1. The molecule has 0 saturated carbocycles. The first-order valence-corrected chi connectivity index (χ1v) is 5.35. The van der Waals surface area contributed by atoms with E-state index < -0.39 is 11.7 Å². The van der Waals surface area contributed by atoms with Crippen LogP contribution >= 0.6 is 0 Å². The molecule has 90 valence electrons. The highest BCUT2D eigenvalue weighted by molar-refractivity contribution is 5.64. The monoisotopic (exact) mass is 239 g/mol. The summed E-state index contributed by atoms with van der Waals surface area (Å²) in [6.07, 6.45) is -1.73. The summed E-state index contributed by atoms with van der Waals surface area (Å²) in [7, 11) is 0. The first-order valence-electron chi connectivity index (χ1n) is 5.35. The van der Waals surface area contributed by atoms with Gasteiger partial charge >= 0.3 is 6.18 Å². The van der Waals surface area contributed by atoms with Gasteiger partial charge in [-0.3, -0.25) is 0 Å². The Morgan fingerprint density at radius 2 is 1.88 bits per heavy atom. The number of alkyl halides is 3. The van der Waals surface area contributed by atoms with Crippen molar-refractivity contribution in [2.75, 3.05) is 0 Å². The third kappa shape index (κ3) is 2.52. The van der Waals surface area contributed by atoms with E-state index >= 15 is 0 Å². The Morgan fingerprint density at radius 3 is 2.47 bits per heavy atom. The van der Waals surface area contributed by atoms with E-state index in [1.807, 2.05) is 13.0 Å². The van der Waals surface area contributed by atoms with Crippen LogP contribution in [0.3, 0.4) is 0 Å². The summed E-state index contributed by atoms with van der Waals surface area (Å²) in [6.45, 7) is 1.99. The van der Waals surface area contributed by atoms with Crippen LogP contribution in [0.4, 0.5) is 13.2 Å². The molecule has 1 aromatic heterocycles. The van der Waals surface area contributed by atoms with Crippen LogP contribution in [-0.2, 0) is 12.6 Å². The van der Waals surface area contributed by atoms with Crippen molar-refractivity contribution in [1.82, 2.24) is 4.98 Å². The number of halogens is 3. The minimum Gasteiger partial charge on any atom is -0.364 e. The van der Waals surface area contributed by atoms with Gasteiger partial charge < -0.3 is 4.98 Å². The van der Waals surface area contributed by atoms with Gasteiger partial charge in [0.15, 0.2) is 0 Å². The average molecular weight is 239 g/mol. The second kappa shape index (κ2) is 4.28. The molecule has 0 unspecified atom stereocenters. The van der Waals surface area contributed by atoms with Crippen molar-refractivity contribution in [2.45, 2.75) is 19.5 Å². The molecule has 1 heterocycles. The fourth-order valence-corrected chi connectivity index (χ4v) is 1.69. The SMILES string of the molecule is CCc1cc(-c2cccc(C(F)(F)F)c2)c[nH]1. The maximum Gasteiger partial charge on any atom is 0.416 e. The molecule has 0 aliphatic heterocycles. The normalized spacial score (nSPS) is 11.8. The first-order chi connectivity index (χ1) is 8.00. The van der Waals surface area contributed by atoms with Crippen molar-refractivity contribution in [1.29, 1.82) is 0 Å². The Kier molecular flexibility index (Phi) is 2.96. The lowest BCUT2D eigenvalue weighted by Gasteiger charge is -2.07. The van der Waals surface area contributed by atoms with Crippen LogP contribution in [0.5, 0.6) is 0 Å². The number of aromatic amines is 1. The fraction of sp³-hybridized carbons (Fsp3) is 0.231. The Balaban J connectivity index is 2.39. The molecule has 4 heteroatoms. The van der Waals surface area contributed by atoms with E-state index in [1.165, 1.54) is 12.1 Å². The highest BCUT2D eigenvalue weighted by Crippen LogP contribution is 2.32. The number of H-pyrrole nitrogens is 1. The molecule has 1 N–H and O–H groups in total. The fourth-order valence-electron chi connectivity index (χ4n) is 1.69. The number of rotatable bonds is 2. The van der Waals surface area contributed by atoms with Gasteiger partial charge in [-0.05, 0) is 35.7 Å². The van der Waals surface area contributed by atoms with Gasteiger partial charge in [0, 0.05) is 11.9 Å². The van der Waals surface area contributed by atoms with Crippen molar-refractivity contribution in [3.05, 3.63) is 47.8 Å². The molecule has 0 aliphatic carbocycles. The van der Waals surface area contributed by atoms with Gasteiger partial charge in [0.05, 0.1) is 5.56 Å². The Morgan fingerprint density at radius 1 is 1.12 bits per heavy atom. The molecular weight excluding hydrogens is 227 g/mol. The topological polar surface area (TPSA) is 15.8 Å². The molecule has 0 radical (unpaired) electrons. The van der Waals surface area contributed by atoms with E-state index in [1.54, 1.807) is 12.3 Å². The molecule has 0 bridgehead atoms. The van der Waals surface area contributed by atoms with Crippen LogP contribution < -0.4 is 0 Å². The average Bonchev–Trinajstić information content (AvgIpc) is 2.76. The van der Waals surface area contributed by atoms with Crippen molar-refractivity contribution in [3.8, 4) is 11.1 Å². The van der Waals surface area contributed by atoms with E-state index in [0.717, 1.165) is 23.7 Å². The second-order valence-electron chi connectivity index (χ2n) is 3.85. The van der Waals surface area contributed by atoms with E-state index in [4.69, 9.17) is 0 Å². The van der Waals surface area contributed by atoms with Crippen LogP contribution in [0.2, 0.25) is 0 Å². The lowest BCUT2D eigenvalue weighted by Crippen LogP contribution is -2.04. The Labute approximate surface area is 97.3 Å². The lowest BCUT2D eigenvalue weighted by molar-refractivity contribution is -0.137. The van der Waals surface area contributed by atoms with E-state index in [9.17, 15) is 13.2 Å². The molecule has 0 amide bonds. The van der Waals surface area contributed by atoms with Gasteiger partial charge in [0.1, 0.15) is 0 Å². The van der Waals surface area contributed by atoms with Crippen LogP contribution in [-0.4, -0.2) is 4.98 Å². The number of hydrogen-bond acceptors (Lipinski definition) is 0. The predicted octanol–water partition coefficient (Wildman–Crippen LogP) is 4.26. The minimum atomic E-state index is -4.29. The van der Waals surface area contributed by atoms with Gasteiger partial charge in [-0.1, -0.05) is 19.1 Å². The molecule has 0 atom stereocenters. The van der Waals surface area contributed by atoms with Crippen molar-refractivity contribution < 1.29 is 13.2 Å². The summed E-state index contributed by atoms with van der Waals surface area (Å²) in [5.41, 5.74) is 1.76. The zero-order valence-corrected chi connectivity index (χ0v) is 9.31. The summed E-state index contributed by atoms with van der Waals surface area (Å²) in [4.78, 5) is 3.03. The van der Waals surface area contributed by atoms with E-state index in [0.29, 0.717) is 5.56 Å². The number of aromatic nitrogens is 1. The highest BCUT2D eigenvalue weighted by Gasteiger charge is 2.30. The third-order valence-corrected chi connectivity index (χ3v) is 2.65. The minimum absolute atomic E-state index is 0.579. The largest absolute Gasteiger partial charge is 0.416 e. The van der Waals surface area contributed by atoms with Crippen molar-refractivity contribution >= 4 is 0 Å². The molecule has 0 fully saturated rings. The summed E-state index contributed by atoms with van der Waals surface area (Å²) in [5, 5.41) is 0. The Bertz CT molecular complexity index is 511. The van der Waals surface area contributed by atoms with Gasteiger partial charge in [0.2, 0.25) is 0 Å². The zero-order valence-electron chi connectivity index (χ0n) is 9.31. The quantitative estimate of drug-likeness (QED) is 0.805. The summed E-state index contributed by atoms with van der Waals surface area (Å²) < 4.78 is 37.6. The van der Waals surface area contributed by atoms with Crippen LogP contribution in [0.15, 0.2) is 36.5 Å². The van der Waals surface area contributed by atoms with Crippen molar-refractivity contribution in [3.63, 3.8) is 0 Å². The van der Waals surface area contributed by atoms with Crippen LogP contribution in [0.1, 0.15) is 18.2 Å². The molecule has 1 aromatic carbocycles. The van der Waals surface area contributed by atoms with E-state index in [-0.39, 0.29) is 0 Å². The second-order valence-corrected chi connectivity index (χ2v) is 3.85. The standard InChI is InChI=1S/C13H12F3N/c1-2-12-7-10(8-17-12)9-4-3-5-11(6-9)13(14,15)16/h3-8,17H,2H2,1H3. The molecular formula is C13H12F3N. The molecule has 0 spiro atoms. The molecule has 2 rings (SSSR count). The van der Waals surface area contributed by atoms with Gasteiger partial charge in [-0.2, -0.15) is 13.2 Å². The predicted molar refractivity (Wildman–Crippen MR) is 60.6 cm³/mol. The highest BCUT2D eigenvalue weighted by atomic mass is 19.4. The number of aryl methyl sites for hydroxylation is 1. The number of hydrogen-bond donors (Lipinski definition) is 1. The summed E-state index contributed by atoms with van der Waals surface area (Å²) in [6, 6.07) is 7.23. The molecule has 17 heavy (non-hydrogen) atoms. The third-order valence-electron chi connectivity index (χ3n) is 2.65. The van der Waals surface area contributed by atoms with Crippen LogP contribution in [0.25, 0.3) is 11.1 Å². The summed E-state index contributed by atoms with van der Waals surface area (Å²) >= 11 is 0. The molecule has 0 saturated heterocycles. The van der Waals surface area contributed by atoms with Gasteiger partial charge in [-0.15, -0.1) is 0 Å². The number of nitrogens with one attached hydrogen (secondary N) is 1. The number of benzene rings is 1. The maximum atomic E-state index is 12.5. The molecule has 1 nitrogen and oxygen atoms in total. The Hall–Kier alpha value is -1.71. The first kappa shape index (κ1) is 11.8. The van der Waals surface area contributed by atoms with Crippen molar-refractivity contribution in [2.24, 2.45) is 0 Å². The smallest absolute Gasteiger partial charge is 0.364 e. The van der Waals surface area contributed by atoms with Gasteiger partial charge in [0.25, 0.3) is 0 Å². The van der Waals surface area contributed by atoms with E-state index in [2.05, 4.69) is 4.98 Å². The maximum absolute atomic E-state index is 12.5.